The van der Waals surface area contributed by atoms with E-state index in [0.717, 1.165) is 0 Å². The number of aryl methyl sites for hydroxylation is 1. The summed E-state index contributed by atoms with van der Waals surface area (Å²) >= 11 is 1.98. The molecule has 6 aromatic rings. The molecule has 1 fully saturated rings. The fourth-order valence-corrected chi connectivity index (χ4v) is 8.54. The maximum absolute atomic E-state index is 2.58. The Morgan fingerprint density at radius 2 is 1.34 bits per heavy atom. The fourth-order valence-electron chi connectivity index (χ4n) is 6.97. The highest BCUT2D eigenvalue weighted by Crippen LogP contribution is 2.60. The molecule has 4 heterocycles. The van der Waals surface area contributed by atoms with Crippen LogP contribution in [0.2, 0.25) is 0 Å². The molecule has 3 aromatic carbocycles. The molecule has 38 heavy (non-hydrogen) atoms. The van der Waals surface area contributed by atoms with Crippen molar-refractivity contribution in [3.8, 4) is 22.5 Å². The van der Waals surface area contributed by atoms with E-state index in [-0.39, 0.29) is 0 Å². The molecule has 1 aliphatic heterocycles. The minimum atomic E-state index is 0.385. The number of rotatable bonds is 3. The number of benzene rings is 3. The Morgan fingerprint density at radius 1 is 0.658 bits per heavy atom. The maximum atomic E-state index is 2.58. The molecule has 0 bridgehead atoms. The summed E-state index contributed by atoms with van der Waals surface area (Å²) < 4.78 is 7.94. The number of fused-ring (bicyclic) bond motifs is 9. The number of thiophene rings is 1. The number of hydrogen-bond donors (Lipinski definition) is 0. The lowest BCUT2D eigenvalue weighted by Crippen LogP contribution is -2.42. The summed E-state index contributed by atoms with van der Waals surface area (Å²) in [6.07, 6.45) is 4.59. The highest BCUT2D eigenvalue weighted by Gasteiger charge is 2.70. The van der Waals surface area contributed by atoms with Crippen LogP contribution >= 0.6 is 11.3 Å². The normalized spacial score (nSPS) is 19.4. The topological polar surface area (TPSA) is 7.76 Å². The van der Waals surface area contributed by atoms with Crippen molar-refractivity contribution in [2.24, 2.45) is 0 Å². The van der Waals surface area contributed by atoms with Gasteiger partial charge in [0.05, 0.1) is 11.1 Å². The second-order valence-electron chi connectivity index (χ2n) is 11.2. The number of hydrogen-bond acceptors (Lipinski definition) is 1. The smallest absolute Gasteiger partial charge is 0.188 e. The Morgan fingerprint density at radius 3 is 2.13 bits per heavy atom. The molecular weight excluding hydrogens is 480 g/mol. The number of nitrogens with zero attached hydrogens (tertiary/aromatic N) is 2. The van der Waals surface area contributed by atoms with Crippen LogP contribution in [0.25, 0.3) is 42.7 Å². The quantitative estimate of drug-likeness (QED) is 0.212. The summed E-state index contributed by atoms with van der Waals surface area (Å²) in [5, 5.41) is 2.76. The SMILES string of the molecule is Cc1ccc2c(sc3c(C(C)C)cccc32)c1-c1cccc[n+]1C1C2c3ccccc3-c3cccc[n+]3C21. The molecule has 0 amide bonds. The molecule has 184 valence electrons. The highest BCUT2D eigenvalue weighted by molar-refractivity contribution is 7.26. The second kappa shape index (κ2) is 8.09. The second-order valence-corrected chi connectivity index (χ2v) is 12.2. The van der Waals surface area contributed by atoms with Crippen molar-refractivity contribution in [3.05, 3.63) is 120 Å². The van der Waals surface area contributed by atoms with Crippen LogP contribution < -0.4 is 9.13 Å². The van der Waals surface area contributed by atoms with Crippen molar-refractivity contribution in [2.75, 3.05) is 0 Å². The fraction of sp³-hybridized carbons (Fsp3) is 0.200. The molecular formula is C35H30N2S+2. The van der Waals surface area contributed by atoms with Gasteiger partial charge in [0.15, 0.2) is 12.4 Å². The third-order valence-corrected chi connectivity index (χ3v) is 10.0. The van der Waals surface area contributed by atoms with Gasteiger partial charge in [-0.15, -0.1) is 11.3 Å². The van der Waals surface area contributed by atoms with Crippen LogP contribution in [0, 0.1) is 6.92 Å². The van der Waals surface area contributed by atoms with Crippen LogP contribution in [-0.2, 0) is 0 Å². The third kappa shape index (κ3) is 3.00. The van der Waals surface area contributed by atoms with Gasteiger partial charge in [-0.2, -0.15) is 9.13 Å². The molecule has 3 heteroatoms. The number of pyridine rings is 2. The molecule has 2 nitrogen and oxygen atoms in total. The lowest BCUT2D eigenvalue weighted by Gasteiger charge is -2.11. The molecule has 0 N–H and O–H groups in total. The van der Waals surface area contributed by atoms with Crippen molar-refractivity contribution in [3.63, 3.8) is 0 Å². The summed E-state index contributed by atoms with van der Waals surface area (Å²) in [6.45, 7) is 6.89. The summed E-state index contributed by atoms with van der Waals surface area (Å²) in [6, 6.07) is 34.7. The van der Waals surface area contributed by atoms with Crippen LogP contribution in [0.3, 0.4) is 0 Å². The zero-order valence-electron chi connectivity index (χ0n) is 21.9. The Kier molecular flexibility index (Phi) is 4.72. The van der Waals surface area contributed by atoms with E-state index in [0.29, 0.717) is 23.9 Å². The first-order valence-electron chi connectivity index (χ1n) is 13.7. The lowest BCUT2D eigenvalue weighted by atomic mass is 9.96. The third-order valence-electron chi connectivity index (χ3n) is 8.75. The van der Waals surface area contributed by atoms with Gasteiger partial charge in [-0.25, -0.2) is 0 Å². The van der Waals surface area contributed by atoms with E-state index in [1.165, 1.54) is 59.4 Å². The van der Waals surface area contributed by atoms with Gasteiger partial charge in [0.25, 0.3) is 0 Å². The standard InChI is InChI=1S/C35H30N2S/c1-21(2)23-13-10-14-26-27-18-17-22(3)30(35(27)38-34(23)26)29-16-7-9-20-37(29)33-31-25-12-5-4-11-24(25)28-15-6-8-19-36(28)32(31)33/h4-21,31-33H,1-3H3/q+2. The molecule has 0 radical (unpaired) electrons. The van der Waals surface area contributed by atoms with Crippen LogP contribution in [0.15, 0.2) is 103 Å². The van der Waals surface area contributed by atoms with Crippen LogP contribution in [0.1, 0.15) is 54.5 Å². The van der Waals surface area contributed by atoms with E-state index in [9.17, 15) is 0 Å². The summed E-state index contributed by atoms with van der Waals surface area (Å²) in [5.41, 5.74) is 9.68. The van der Waals surface area contributed by atoms with E-state index >= 15 is 0 Å². The van der Waals surface area contributed by atoms with Crippen molar-refractivity contribution >= 4 is 31.5 Å². The van der Waals surface area contributed by atoms with E-state index in [1.54, 1.807) is 0 Å². The Labute approximate surface area is 227 Å². The predicted octanol–water partition coefficient (Wildman–Crippen LogP) is 8.29. The minimum absolute atomic E-state index is 0.385. The summed E-state index contributed by atoms with van der Waals surface area (Å²) in [7, 11) is 0. The predicted molar refractivity (Wildman–Crippen MR) is 157 cm³/mol. The zero-order chi connectivity index (χ0) is 25.5. The molecule has 3 unspecified atom stereocenters. The Hall–Kier alpha value is -3.82. The molecule has 0 spiro atoms. The summed E-state index contributed by atoms with van der Waals surface area (Å²) in [4.78, 5) is 0. The van der Waals surface area contributed by atoms with Crippen molar-refractivity contribution < 1.29 is 9.13 Å². The van der Waals surface area contributed by atoms with E-state index < -0.39 is 0 Å². The largest absolute Gasteiger partial charge is 0.234 e. The highest BCUT2D eigenvalue weighted by atomic mass is 32.1. The van der Waals surface area contributed by atoms with Crippen molar-refractivity contribution in [1.29, 1.82) is 0 Å². The molecule has 8 rings (SSSR count). The minimum Gasteiger partial charge on any atom is -0.188 e. The Bertz CT molecular complexity index is 1840. The average molecular weight is 511 g/mol. The van der Waals surface area contributed by atoms with Gasteiger partial charge in [-0.3, -0.25) is 0 Å². The van der Waals surface area contributed by atoms with Crippen LogP contribution in [0.5, 0.6) is 0 Å². The summed E-state index contributed by atoms with van der Waals surface area (Å²) in [5.74, 6) is 0.983. The monoisotopic (exact) mass is 510 g/mol. The van der Waals surface area contributed by atoms with Gasteiger partial charge in [0.2, 0.25) is 23.5 Å². The molecule has 0 saturated heterocycles. The molecule has 1 saturated carbocycles. The molecule has 1 aliphatic carbocycles. The van der Waals surface area contributed by atoms with E-state index in [2.05, 4.69) is 133 Å². The van der Waals surface area contributed by atoms with Crippen molar-refractivity contribution in [2.45, 2.75) is 44.7 Å². The molecule has 3 atom stereocenters. The zero-order valence-corrected chi connectivity index (χ0v) is 22.7. The van der Waals surface area contributed by atoms with Crippen molar-refractivity contribution in [1.82, 2.24) is 0 Å². The van der Waals surface area contributed by atoms with Gasteiger partial charge < -0.3 is 0 Å². The lowest BCUT2D eigenvalue weighted by molar-refractivity contribution is -0.754. The van der Waals surface area contributed by atoms with Gasteiger partial charge >= 0.3 is 0 Å². The van der Waals surface area contributed by atoms with E-state index in [4.69, 9.17) is 0 Å². The van der Waals surface area contributed by atoms with Gasteiger partial charge in [0, 0.05) is 44.4 Å². The average Bonchev–Trinajstić information content (AvgIpc) is 3.59. The van der Waals surface area contributed by atoms with E-state index in [1.807, 2.05) is 11.3 Å². The van der Waals surface area contributed by atoms with Gasteiger partial charge in [-0.1, -0.05) is 62.4 Å². The van der Waals surface area contributed by atoms with Crippen LogP contribution in [-0.4, -0.2) is 0 Å². The first-order chi connectivity index (χ1) is 18.6. The maximum Gasteiger partial charge on any atom is 0.234 e. The van der Waals surface area contributed by atoms with Gasteiger partial charge in [0.1, 0.15) is 5.92 Å². The van der Waals surface area contributed by atoms with Gasteiger partial charge in [-0.05, 0) is 47.7 Å². The van der Waals surface area contributed by atoms with Crippen LogP contribution in [0.4, 0.5) is 0 Å². The Balaban J connectivity index is 1.36. The number of aromatic nitrogens is 2. The molecule has 2 aliphatic rings. The first kappa shape index (κ1) is 22.2. The first-order valence-corrected chi connectivity index (χ1v) is 14.5. The molecule has 3 aromatic heterocycles.